The molecule has 6 nitrogen and oxygen atoms in total. The van der Waals surface area contributed by atoms with E-state index in [-0.39, 0.29) is 5.75 Å². The van der Waals surface area contributed by atoms with Crippen molar-refractivity contribution in [3.63, 3.8) is 0 Å². The number of phenolic OH excluding ortho intramolecular Hbond substituents is 1. The van der Waals surface area contributed by atoms with Crippen molar-refractivity contribution in [3.8, 4) is 17.3 Å². The van der Waals surface area contributed by atoms with E-state index in [2.05, 4.69) is 15.1 Å². The Hall–Kier alpha value is -2.73. The largest absolute Gasteiger partial charge is 0.508 e. The quantitative estimate of drug-likeness (QED) is 0.758. The fourth-order valence-electron chi connectivity index (χ4n) is 1.90. The molecule has 0 radical (unpaired) electrons. The van der Waals surface area contributed by atoms with E-state index in [9.17, 15) is 5.11 Å². The SMILES string of the molecule is NCc1ccc(-c2nc(Cc3ccc(O)cc3)no2)nc1. The van der Waals surface area contributed by atoms with E-state index in [1.54, 1.807) is 24.4 Å². The van der Waals surface area contributed by atoms with Crippen molar-refractivity contribution in [3.05, 3.63) is 59.5 Å². The molecule has 1 aromatic carbocycles. The number of phenols is 1. The molecule has 2 aromatic heterocycles. The molecule has 0 saturated carbocycles. The van der Waals surface area contributed by atoms with Crippen LogP contribution < -0.4 is 5.73 Å². The molecule has 2 heterocycles. The Morgan fingerprint density at radius 1 is 1.05 bits per heavy atom. The number of nitrogens with two attached hydrogens (primary N) is 1. The van der Waals surface area contributed by atoms with Gasteiger partial charge in [0.05, 0.1) is 0 Å². The molecule has 0 atom stereocenters. The maximum atomic E-state index is 9.25. The Labute approximate surface area is 121 Å². The van der Waals surface area contributed by atoms with Crippen LogP contribution in [0.5, 0.6) is 5.75 Å². The molecule has 106 valence electrons. The first-order valence-corrected chi connectivity index (χ1v) is 6.50. The van der Waals surface area contributed by atoms with E-state index < -0.39 is 0 Å². The molecule has 0 fully saturated rings. The predicted octanol–water partition coefficient (Wildman–Crippen LogP) is 1.89. The molecule has 3 aromatic rings. The van der Waals surface area contributed by atoms with Crippen LogP contribution in [0.1, 0.15) is 17.0 Å². The Kier molecular flexibility index (Phi) is 3.61. The molecule has 3 rings (SSSR count). The van der Waals surface area contributed by atoms with Crippen LogP contribution in [0.15, 0.2) is 47.1 Å². The van der Waals surface area contributed by atoms with Crippen LogP contribution in [0.2, 0.25) is 0 Å². The first kappa shape index (κ1) is 13.3. The van der Waals surface area contributed by atoms with Crippen LogP contribution in [-0.4, -0.2) is 20.2 Å². The lowest BCUT2D eigenvalue weighted by Crippen LogP contribution is -1.97. The topological polar surface area (TPSA) is 98.1 Å². The zero-order valence-electron chi connectivity index (χ0n) is 11.2. The number of hydrogen-bond acceptors (Lipinski definition) is 6. The summed E-state index contributed by atoms with van der Waals surface area (Å²) in [6, 6.07) is 10.6. The van der Waals surface area contributed by atoms with Crippen molar-refractivity contribution in [2.45, 2.75) is 13.0 Å². The van der Waals surface area contributed by atoms with Crippen LogP contribution in [-0.2, 0) is 13.0 Å². The van der Waals surface area contributed by atoms with Gasteiger partial charge in [-0.3, -0.25) is 4.98 Å². The van der Waals surface area contributed by atoms with Crippen LogP contribution >= 0.6 is 0 Å². The molecule has 0 unspecified atom stereocenters. The fourth-order valence-corrected chi connectivity index (χ4v) is 1.90. The van der Waals surface area contributed by atoms with Gasteiger partial charge in [0.1, 0.15) is 11.4 Å². The van der Waals surface area contributed by atoms with Crippen molar-refractivity contribution in [2.24, 2.45) is 5.73 Å². The summed E-state index contributed by atoms with van der Waals surface area (Å²) in [7, 11) is 0. The number of aromatic hydroxyl groups is 1. The normalized spacial score (nSPS) is 10.7. The third-order valence-electron chi connectivity index (χ3n) is 3.05. The molecular weight excluding hydrogens is 268 g/mol. The number of pyridine rings is 1. The number of hydrogen-bond donors (Lipinski definition) is 2. The summed E-state index contributed by atoms with van der Waals surface area (Å²) >= 11 is 0. The van der Waals surface area contributed by atoms with Gasteiger partial charge >= 0.3 is 0 Å². The van der Waals surface area contributed by atoms with Crippen molar-refractivity contribution in [1.82, 2.24) is 15.1 Å². The highest BCUT2D eigenvalue weighted by atomic mass is 16.5. The van der Waals surface area contributed by atoms with Gasteiger partial charge in [0.15, 0.2) is 5.82 Å². The van der Waals surface area contributed by atoms with Crippen LogP contribution in [0, 0.1) is 0 Å². The fraction of sp³-hybridized carbons (Fsp3) is 0.133. The molecule has 0 saturated heterocycles. The summed E-state index contributed by atoms with van der Waals surface area (Å²) in [4.78, 5) is 8.56. The summed E-state index contributed by atoms with van der Waals surface area (Å²) < 4.78 is 5.22. The monoisotopic (exact) mass is 282 g/mol. The summed E-state index contributed by atoms with van der Waals surface area (Å²) in [5.74, 6) is 1.18. The highest BCUT2D eigenvalue weighted by Crippen LogP contribution is 2.17. The van der Waals surface area contributed by atoms with Gasteiger partial charge in [-0.25, -0.2) is 0 Å². The molecule has 0 spiro atoms. The number of aromatic nitrogens is 3. The molecule has 21 heavy (non-hydrogen) atoms. The first-order chi connectivity index (χ1) is 10.2. The van der Waals surface area contributed by atoms with Gasteiger partial charge in [-0.15, -0.1) is 0 Å². The summed E-state index contributed by atoms with van der Waals surface area (Å²) in [6.07, 6.45) is 2.23. The smallest absolute Gasteiger partial charge is 0.276 e. The standard InChI is InChI=1S/C15H14N4O2/c16-8-11-3-6-13(17-9-11)15-18-14(19-21-15)7-10-1-4-12(20)5-2-10/h1-6,9,20H,7-8,16H2. The van der Waals surface area contributed by atoms with Crippen LogP contribution in [0.4, 0.5) is 0 Å². The number of benzene rings is 1. The van der Waals surface area contributed by atoms with Gasteiger partial charge in [0, 0.05) is 19.2 Å². The molecule has 6 heteroatoms. The van der Waals surface area contributed by atoms with Gasteiger partial charge in [-0.2, -0.15) is 4.98 Å². The van der Waals surface area contributed by atoms with Crippen molar-refractivity contribution in [2.75, 3.05) is 0 Å². The molecular formula is C15H14N4O2. The van der Waals surface area contributed by atoms with Gasteiger partial charge in [0.2, 0.25) is 0 Å². The Morgan fingerprint density at radius 2 is 1.81 bits per heavy atom. The maximum Gasteiger partial charge on any atom is 0.276 e. The Morgan fingerprint density at radius 3 is 2.48 bits per heavy atom. The minimum absolute atomic E-state index is 0.233. The maximum absolute atomic E-state index is 9.25. The average molecular weight is 282 g/mol. The summed E-state index contributed by atoms with van der Waals surface area (Å²) in [5, 5.41) is 13.2. The van der Waals surface area contributed by atoms with Gasteiger partial charge in [-0.1, -0.05) is 23.4 Å². The summed E-state index contributed by atoms with van der Waals surface area (Å²) in [6.45, 7) is 0.448. The molecule has 0 aliphatic heterocycles. The number of nitrogens with zero attached hydrogens (tertiary/aromatic N) is 3. The molecule has 0 amide bonds. The van der Waals surface area contributed by atoms with E-state index in [1.165, 1.54) is 0 Å². The molecule has 3 N–H and O–H groups in total. The van der Waals surface area contributed by atoms with Crippen LogP contribution in [0.25, 0.3) is 11.6 Å². The van der Waals surface area contributed by atoms with E-state index in [1.807, 2.05) is 18.2 Å². The number of rotatable bonds is 4. The van der Waals surface area contributed by atoms with Gasteiger partial charge < -0.3 is 15.4 Å². The molecule has 0 aliphatic carbocycles. The zero-order chi connectivity index (χ0) is 14.7. The molecule has 0 bridgehead atoms. The highest BCUT2D eigenvalue weighted by molar-refractivity contribution is 5.46. The van der Waals surface area contributed by atoms with Gasteiger partial charge in [-0.05, 0) is 29.3 Å². The third kappa shape index (κ3) is 3.06. The summed E-state index contributed by atoms with van der Waals surface area (Å²) in [5.41, 5.74) is 8.09. The lowest BCUT2D eigenvalue weighted by atomic mass is 10.1. The van der Waals surface area contributed by atoms with E-state index >= 15 is 0 Å². The third-order valence-corrected chi connectivity index (χ3v) is 3.05. The average Bonchev–Trinajstić information content (AvgIpc) is 2.98. The van der Waals surface area contributed by atoms with Crippen molar-refractivity contribution < 1.29 is 9.63 Å². The van der Waals surface area contributed by atoms with Gasteiger partial charge in [0.25, 0.3) is 5.89 Å². The van der Waals surface area contributed by atoms with E-state index in [4.69, 9.17) is 10.3 Å². The highest BCUT2D eigenvalue weighted by Gasteiger charge is 2.10. The minimum Gasteiger partial charge on any atom is -0.508 e. The first-order valence-electron chi connectivity index (χ1n) is 6.50. The second kappa shape index (κ2) is 5.72. The predicted molar refractivity (Wildman–Crippen MR) is 76.3 cm³/mol. The van der Waals surface area contributed by atoms with Crippen molar-refractivity contribution in [1.29, 1.82) is 0 Å². The van der Waals surface area contributed by atoms with E-state index in [0.717, 1.165) is 11.1 Å². The van der Waals surface area contributed by atoms with Crippen molar-refractivity contribution >= 4 is 0 Å². The lowest BCUT2D eigenvalue weighted by molar-refractivity contribution is 0.422. The Balaban J connectivity index is 1.77. The minimum atomic E-state index is 0.233. The Bertz CT molecular complexity index is 720. The second-order valence-corrected chi connectivity index (χ2v) is 4.61. The molecule has 0 aliphatic rings. The van der Waals surface area contributed by atoms with Crippen LogP contribution in [0.3, 0.4) is 0 Å². The second-order valence-electron chi connectivity index (χ2n) is 4.61. The zero-order valence-corrected chi connectivity index (χ0v) is 11.2. The lowest BCUT2D eigenvalue weighted by Gasteiger charge is -1.97. The van der Waals surface area contributed by atoms with E-state index in [0.29, 0.717) is 30.4 Å².